The van der Waals surface area contributed by atoms with Crippen LogP contribution < -0.4 is 40.0 Å². The van der Waals surface area contributed by atoms with Gasteiger partial charge in [0.25, 0.3) is 0 Å². The first kappa shape index (κ1) is 55.3. The van der Waals surface area contributed by atoms with Crippen LogP contribution in [0.5, 0.6) is 0 Å². The van der Waals surface area contributed by atoms with Crippen LogP contribution in [0, 0.1) is 83.1 Å². The molecular weight excluding hydrogens is 1010 g/mol. The second-order valence-corrected chi connectivity index (χ2v) is 60.6. The van der Waals surface area contributed by atoms with Crippen LogP contribution in [0.3, 0.4) is 0 Å². The van der Waals surface area contributed by atoms with Gasteiger partial charge in [0.05, 0.1) is 0 Å². The summed E-state index contributed by atoms with van der Waals surface area (Å²) >= 11 is 0. The summed E-state index contributed by atoms with van der Waals surface area (Å²) < 4.78 is 0. The van der Waals surface area contributed by atoms with Crippen molar-refractivity contribution in [3.8, 4) is 0 Å². The van der Waals surface area contributed by atoms with Gasteiger partial charge >= 0.3 is 13.1 Å². The van der Waals surface area contributed by atoms with Crippen LogP contribution in [0.1, 0.15) is 66.8 Å². The molecule has 2 aliphatic heterocycles. The van der Waals surface area contributed by atoms with E-state index in [9.17, 15) is 0 Å². The number of aryl methyl sites for hydroxylation is 12. The highest BCUT2D eigenvalue weighted by Gasteiger charge is 2.77. The third-order valence-corrected chi connectivity index (χ3v) is 80.9. The molecule has 0 N–H and O–H groups in total. The third-order valence-electron chi connectivity index (χ3n) is 19.3. The lowest BCUT2D eigenvalue weighted by molar-refractivity contribution is 1.01. The van der Waals surface area contributed by atoms with Crippen LogP contribution in [0.2, 0.25) is 26.2 Å². The van der Waals surface area contributed by atoms with Crippen molar-refractivity contribution in [3.63, 3.8) is 0 Å². The average Bonchev–Trinajstić information content (AvgIpc) is 4.16. The largest absolute Gasteiger partial charge is 0.396 e. The Morgan fingerprint density at radius 3 is 0.603 bits per heavy atom. The zero-order valence-corrected chi connectivity index (χ0v) is 53.9. The van der Waals surface area contributed by atoms with Crippen molar-refractivity contribution < 1.29 is 0 Å². The minimum atomic E-state index is -3.23. The van der Waals surface area contributed by atoms with E-state index < -0.39 is 29.1 Å². The first-order valence-corrected chi connectivity index (χ1v) is 41.9. The number of nitrogens with zero attached hydrogens (tertiary/aromatic N) is 4. The number of benzene rings is 8. The molecule has 2 saturated heterocycles. The number of hydrogen-bond donors (Lipinski definition) is 0. The maximum absolute atomic E-state index is 3.23. The van der Waals surface area contributed by atoms with E-state index in [-0.39, 0.29) is 13.1 Å². The number of anilines is 4. The Bertz CT molecular complexity index is 2960. The SMILES string of the molecule is Cc1cc(C)c(N2CCN(c3c(C)cc(C)cc3C)B2[Si](c2ccccc2)(c2ccccc2)[Si](C)(C)[Si](C)(C)[Si](B2N(c3c(C)cc(C)cc3C)CCN2c2c(C)cc(C)cc2C)(c2ccccc2)c2ccccc2)c(C)c1. The van der Waals surface area contributed by atoms with E-state index in [0.717, 1.165) is 26.2 Å². The smallest absolute Gasteiger partial charge is 0.364 e. The maximum Gasteiger partial charge on any atom is 0.364 e. The molecule has 0 atom stereocenters. The molecule has 2 heterocycles. The zero-order valence-electron chi connectivity index (χ0n) is 49.9. The highest BCUT2D eigenvalue weighted by Crippen LogP contribution is 2.47. The summed E-state index contributed by atoms with van der Waals surface area (Å²) in [7, 11) is -12.2. The van der Waals surface area contributed by atoms with Gasteiger partial charge in [0.1, 0.15) is 14.9 Å². The van der Waals surface area contributed by atoms with Gasteiger partial charge in [-0.3, -0.25) is 0 Å². The highest BCUT2D eigenvalue weighted by atomic mass is 29.8. The van der Waals surface area contributed by atoms with Crippen LogP contribution in [-0.2, 0) is 0 Å². The Labute approximate surface area is 474 Å². The summed E-state index contributed by atoms with van der Waals surface area (Å²) in [6.07, 6.45) is 0. The summed E-state index contributed by atoms with van der Waals surface area (Å²) in [6, 6.07) is 68.7. The molecule has 0 spiro atoms. The molecule has 4 nitrogen and oxygen atoms in total. The quantitative estimate of drug-likeness (QED) is 0.107. The molecule has 2 fully saturated rings. The van der Waals surface area contributed by atoms with Gasteiger partial charge in [-0.15, -0.1) is 0 Å². The van der Waals surface area contributed by atoms with Gasteiger partial charge < -0.3 is 19.2 Å². The lowest BCUT2D eigenvalue weighted by Crippen LogP contribution is -3.00. The van der Waals surface area contributed by atoms with Crippen LogP contribution in [0.4, 0.5) is 22.7 Å². The average molecular weight is 1090 g/mol. The molecule has 0 aromatic heterocycles. The first-order valence-electron chi connectivity index (χ1n) is 28.8. The van der Waals surface area contributed by atoms with Crippen molar-refractivity contribution in [2.24, 2.45) is 0 Å². The summed E-state index contributed by atoms with van der Waals surface area (Å²) in [6.45, 7) is 44.1. The van der Waals surface area contributed by atoms with Gasteiger partial charge in [-0.05, 0) is 128 Å². The Balaban J connectivity index is 1.41. The van der Waals surface area contributed by atoms with Crippen molar-refractivity contribution >= 4 is 85.8 Å². The predicted molar refractivity (Wildman–Crippen MR) is 354 cm³/mol. The molecular formula is C68H84B2N4Si4. The molecule has 0 unspecified atom stereocenters. The minimum absolute atomic E-state index is 0.0631. The van der Waals surface area contributed by atoms with Crippen molar-refractivity contribution in [1.82, 2.24) is 0 Å². The highest BCUT2D eigenvalue weighted by molar-refractivity contribution is 8.01. The zero-order chi connectivity index (χ0) is 55.6. The fourth-order valence-corrected chi connectivity index (χ4v) is 88.5. The fourth-order valence-electron chi connectivity index (χ4n) is 16.4. The molecule has 0 bridgehead atoms. The van der Waals surface area contributed by atoms with Crippen molar-refractivity contribution in [2.75, 3.05) is 45.4 Å². The fraction of sp³-hybridized carbons (Fsp3) is 0.294. The second-order valence-electron chi connectivity index (χ2n) is 24.8. The van der Waals surface area contributed by atoms with E-state index in [4.69, 9.17) is 0 Å². The summed E-state index contributed by atoms with van der Waals surface area (Å²) in [5, 5.41) is 6.28. The first-order chi connectivity index (χ1) is 37.2. The van der Waals surface area contributed by atoms with Crippen LogP contribution in [0.15, 0.2) is 170 Å². The monoisotopic (exact) mass is 1090 g/mol. The lowest BCUT2D eigenvalue weighted by Gasteiger charge is -2.63. The van der Waals surface area contributed by atoms with Crippen molar-refractivity contribution in [2.45, 2.75) is 109 Å². The second kappa shape index (κ2) is 21.2. The Kier molecular flexibility index (Phi) is 15.0. The molecule has 0 aliphatic carbocycles. The molecule has 8 aromatic carbocycles. The third kappa shape index (κ3) is 8.75. The Hall–Kier alpha value is -6.04. The van der Waals surface area contributed by atoms with E-state index in [0.29, 0.717) is 0 Å². The Morgan fingerprint density at radius 2 is 0.436 bits per heavy atom. The van der Waals surface area contributed by atoms with E-state index in [1.54, 1.807) is 20.7 Å². The molecule has 0 saturated carbocycles. The van der Waals surface area contributed by atoms with Crippen LogP contribution in [0.25, 0.3) is 0 Å². The molecule has 10 rings (SSSR count). The summed E-state index contributed by atoms with van der Waals surface area (Å²) in [5.74, 6) is 0. The molecule has 0 radical (unpaired) electrons. The van der Waals surface area contributed by atoms with Gasteiger partial charge in [0.15, 0.2) is 0 Å². The lowest BCUT2D eigenvalue weighted by atomic mass is 9.94. The van der Waals surface area contributed by atoms with E-state index in [1.165, 1.54) is 89.5 Å². The topological polar surface area (TPSA) is 13.0 Å². The Morgan fingerprint density at radius 1 is 0.269 bits per heavy atom. The molecule has 398 valence electrons. The van der Waals surface area contributed by atoms with E-state index in [2.05, 4.69) is 298 Å². The van der Waals surface area contributed by atoms with E-state index >= 15 is 0 Å². The van der Waals surface area contributed by atoms with Gasteiger partial charge in [0, 0.05) is 63.1 Å². The normalized spacial score (nSPS) is 14.6. The van der Waals surface area contributed by atoms with Gasteiger partial charge in [0.2, 0.25) is 0 Å². The van der Waals surface area contributed by atoms with E-state index in [1.807, 2.05) is 0 Å². The summed E-state index contributed by atoms with van der Waals surface area (Å²) in [5.41, 5.74) is 22.0. The minimum Gasteiger partial charge on any atom is -0.396 e. The van der Waals surface area contributed by atoms with Gasteiger partial charge in [-0.1, -0.05) is 239 Å². The maximum atomic E-state index is 2.99. The predicted octanol–water partition coefficient (Wildman–Crippen LogP) is 13.1. The van der Waals surface area contributed by atoms with Gasteiger partial charge in [-0.2, -0.15) is 0 Å². The van der Waals surface area contributed by atoms with Crippen molar-refractivity contribution in [1.29, 1.82) is 0 Å². The van der Waals surface area contributed by atoms with Gasteiger partial charge in [-0.25, -0.2) is 0 Å². The van der Waals surface area contributed by atoms with Crippen LogP contribution >= 0.6 is 0 Å². The van der Waals surface area contributed by atoms with Crippen LogP contribution in [-0.4, -0.2) is 68.5 Å². The number of rotatable bonds is 13. The molecule has 0 amide bonds. The van der Waals surface area contributed by atoms with Crippen molar-refractivity contribution in [3.05, 3.63) is 237 Å². The molecule has 8 aromatic rings. The molecule has 2 aliphatic rings. The molecule has 78 heavy (non-hydrogen) atoms. The standard InChI is InChI=1S/C68H84B2N4Si4/c1-49-41-53(5)65(54(6)42-49)71-37-38-72(66-55(7)43-50(2)44-56(66)8)69(71)77(61-29-21-17-22-30-61,62-31-23-18-24-32-62)75(13,14)76(15,16)78(63-33-25-19-26-34-63,64-35-27-20-28-36-64)70-73(67-57(9)45-51(3)46-58(67)10)39-40-74(70)68-59(11)47-52(4)48-60(68)12/h17-36,41-48H,37-40H2,1-16H3. The summed E-state index contributed by atoms with van der Waals surface area (Å²) in [4.78, 5) is 12.0. The molecule has 10 heteroatoms. The number of hydrogen-bond acceptors (Lipinski definition) is 4.